The number of hydrogen-bond donors (Lipinski definition) is 2. The van der Waals surface area contributed by atoms with Crippen LogP contribution in [0.5, 0.6) is 0 Å². The summed E-state index contributed by atoms with van der Waals surface area (Å²) in [5, 5.41) is 18.9. The molecule has 2 N–H and O–H groups in total. The van der Waals surface area contributed by atoms with E-state index in [2.05, 4.69) is 42.5 Å². The van der Waals surface area contributed by atoms with Crippen LogP contribution >= 0.6 is 24.0 Å². The number of nitrogens with zero attached hydrogens (tertiary/aromatic N) is 7. The molecule has 1 aliphatic rings. The summed E-state index contributed by atoms with van der Waals surface area (Å²) in [5.74, 6) is 3.46. The van der Waals surface area contributed by atoms with Gasteiger partial charge in [-0.2, -0.15) is 5.10 Å². The van der Waals surface area contributed by atoms with Crippen molar-refractivity contribution in [3.63, 3.8) is 0 Å². The van der Waals surface area contributed by atoms with E-state index in [9.17, 15) is 0 Å². The van der Waals surface area contributed by atoms with Gasteiger partial charge in [0.1, 0.15) is 18.0 Å². The Labute approximate surface area is 187 Å². The maximum Gasteiger partial charge on any atom is 0.193 e. The van der Waals surface area contributed by atoms with E-state index < -0.39 is 0 Å². The predicted molar refractivity (Wildman–Crippen MR) is 123 cm³/mol. The number of pyridine rings is 1. The van der Waals surface area contributed by atoms with Crippen LogP contribution in [0, 0.1) is 0 Å². The van der Waals surface area contributed by atoms with Crippen LogP contribution in [0.15, 0.2) is 35.7 Å². The lowest BCUT2D eigenvalue weighted by Crippen LogP contribution is -2.45. The quantitative estimate of drug-likeness (QED) is 0.229. The van der Waals surface area contributed by atoms with Gasteiger partial charge < -0.3 is 10.2 Å². The summed E-state index contributed by atoms with van der Waals surface area (Å²) in [4.78, 5) is 11.5. The molecule has 0 bridgehead atoms. The second kappa shape index (κ2) is 10.5. The fourth-order valence-corrected chi connectivity index (χ4v) is 3.69. The van der Waals surface area contributed by atoms with Crippen LogP contribution in [0.1, 0.15) is 43.8 Å². The van der Waals surface area contributed by atoms with Crippen LogP contribution < -0.4 is 5.32 Å². The van der Waals surface area contributed by atoms with E-state index in [0.29, 0.717) is 5.92 Å². The second-order valence-electron chi connectivity index (χ2n) is 7.02. The summed E-state index contributed by atoms with van der Waals surface area (Å²) < 4.78 is 2.04. The largest absolute Gasteiger partial charge is 0.357 e. The van der Waals surface area contributed by atoms with Gasteiger partial charge in [0.2, 0.25) is 0 Å². The Hall–Kier alpha value is -2.24. The van der Waals surface area contributed by atoms with E-state index in [1.54, 1.807) is 6.33 Å². The van der Waals surface area contributed by atoms with Crippen molar-refractivity contribution >= 4 is 35.6 Å². The summed E-state index contributed by atoms with van der Waals surface area (Å²) in [6.45, 7) is 5.71. The number of likely N-dealkylation sites (tertiary alicyclic amines) is 1. The number of rotatable bonds is 6. The first-order valence-electron chi connectivity index (χ1n) is 10.0. The molecule has 10 heteroatoms. The smallest absolute Gasteiger partial charge is 0.193 e. The van der Waals surface area contributed by atoms with Crippen molar-refractivity contribution in [1.82, 2.24) is 40.0 Å². The lowest BCUT2D eigenvalue weighted by Gasteiger charge is -2.33. The minimum atomic E-state index is 0. The van der Waals surface area contributed by atoms with E-state index in [0.717, 1.165) is 75.1 Å². The molecule has 3 aromatic heterocycles. The van der Waals surface area contributed by atoms with Gasteiger partial charge in [-0.1, -0.05) is 6.07 Å². The summed E-state index contributed by atoms with van der Waals surface area (Å²) in [6, 6.07) is 5.95. The van der Waals surface area contributed by atoms with Crippen molar-refractivity contribution < 1.29 is 0 Å². The summed E-state index contributed by atoms with van der Waals surface area (Å²) >= 11 is 0. The lowest BCUT2D eigenvalue weighted by molar-refractivity contribution is 0.299. The van der Waals surface area contributed by atoms with Gasteiger partial charge in [-0.3, -0.25) is 14.5 Å². The highest BCUT2D eigenvalue weighted by Gasteiger charge is 2.24. The maximum absolute atomic E-state index is 4.84. The molecule has 0 spiro atoms. The Morgan fingerprint density at radius 3 is 2.90 bits per heavy atom. The Morgan fingerprint density at radius 1 is 1.28 bits per heavy atom. The first kappa shape index (κ1) is 21.5. The molecule has 29 heavy (non-hydrogen) atoms. The number of hydrogen-bond acceptors (Lipinski definition) is 5. The van der Waals surface area contributed by atoms with Crippen molar-refractivity contribution in [2.75, 3.05) is 26.2 Å². The molecule has 1 fully saturated rings. The standard InChI is InChI=1S/C19H27N9.HI/c1-2-20-19(27-12-8-15(9-13-27)18-22-14-23-26-18)21-10-5-7-17-25-24-16-6-3-4-11-28(16)17;/h3-4,6,11,14-15H,2,5,7-10,12-13H2,1H3,(H,20,21)(H,22,23,26);1H. The number of aryl methyl sites for hydroxylation is 1. The molecule has 0 aliphatic carbocycles. The van der Waals surface area contributed by atoms with Gasteiger partial charge in [0.25, 0.3) is 0 Å². The van der Waals surface area contributed by atoms with Gasteiger partial charge >= 0.3 is 0 Å². The fourth-order valence-electron chi connectivity index (χ4n) is 3.69. The van der Waals surface area contributed by atoms with E-state index in [1.807, 2.05) is 28.8 Å². The predicted octanol–water partition coefficient (Wildman–Crippen LogP) is 2.24. The van der Waals surface area contributed by atoms with Gasteiger partial charge in [0.05, 0.1) is 0 Å². The van der Waals surface area contributed by atoms with Crippen molar-refractivity contribution in [2.45, 2.75) is 38.5 Å². The molecule has 1 saturated heterocycles. The molecule has 4 heterocycles. The first-order chi connectivity index (χ1) is 13.8. The van der Waals surface area contributed by atoms with Crippen LogP contribution in [0.4, 0.5) is 0 Å². The molecule has 0 unspecified atom stereocenters. The average molecular weight is 509 g/mol. The Kier molecular flexibility index (Phi) is 7.78. The van der Waals surface area contributed by atoms with E-state index >= 15 is 0 Å². The van der Waals surface area contributed by atoms with Crippen molar-refractivity contribution in [1.29, 1.82) is 0 Å². The number of piperidine rings is 1. The van der Waals surface area contributed by atoms with Crippen LogP contribution in [0.2, 0.25) is 0 Å². The zero-order chi connectivity index (χ0) is 19.2. The second-order valence-corrected chi connectivity index (χ2v) is 7.02. The highest BCUT2D eigenvalue weighted by atomic mass is 127. The minimum Gasteiger partial charge on any atom is -0.357 e. The molecule has 0 atom stereocenters. The third-order valence-electron chi connectivity index (χ3n) is 5.15. The number of fused-ring (bicyclic) bond motifs is 1. The SMILES string of the molecule is CCNC(=NCCCc1nnc2ccccn12)N1CCC(c2ncn[nH]2)CC1.I. The molecule has 4 rings (SSSR count). The number of H-pyrrole nitrogens is 1. The molecule has 1 aliphatic heterocycles. The topological polar surface area (TPSA) is 99.4 Å². The average Bonchev–Trinajstić information content (AvgIpc) is 3.41. The summed E-state index contributed by atoms with van der Waals surface area (Å²) in [5.41, 5.74) is 0.893. The molecule has 156 valence electrons. The van der Waals surface area contributed by atoms with Crippen molar-refractivity contribution in [3.8, 4) is 0 Å². The number of aromatic nitrogens is 6. The third-order valence-corrected chi connectivity index (χ3v) is 5.15. The number of nitrogens with one attached hydrogen (secondary N) is 2. The normalized spacial score (nSPS) is 15.5. The van der Waals surface area contributed by atoms with Crippen LogP contribution in [-0.4, -0.2) is 66.8 Å². The number of guanidine groups is 1. The van der Waals surface area contributed by atoms with E-state index in [1.165, 1.54) is 0 Å². The zero-order valence-corrected chi connectivity index (χ0v) is 19.0. The number of aromatic amines is 1. The number of aliphatic imine (C=N–C) groups is 1. The van der Waals surface area contributed by atoms with Crippen LogP contribution in [-0.2, 0) is 6.42 Å². The highest BCUT2D eigenvalue weighted by molar-refractivity contribution is 14.0. The Morgan fingerprint density at radius 2 is 2.14 bits per heavy atom. The van der Waals surface area contributed by atoms with E-state index in [4.69, 9.17) is 4.99 Å². The van der Waals surface area contributed by atoms with Gasteiger partial charge in [-0.25, -0.2) is 4.98 Å². The molecule has 0 amide bonds. The molecule has 0 aromatic carbocycles. The Bertz CT molecular complexity index is 897. The van der Waals surface area contributed by atoms with E-state index in [-0.39, 0.29) is 24.0 Å². The molecular formula is C19H28IN9. The highest BCUT2D eigenvalue weighted by Crippen LogP contribution is 2.24. The molecule has 0 saturated carbocycles. The van der Waals surface area contributed by atoms with Crippen molar-refractivity contribution in [3.05, 3.63) is 42.4 Å². The first-order valence-corrected chi connectivity index (χ1v) is 10.0. The summed E-state index contributed by atoms with van der Waals surface area (Å²) in [7, 11) is 0. The van der Waals surface area contributed by atoms with Gasteiger partial charge in [0.15, 0.2) is 11.6 Å². The molecule has 9 nitrogen and oxygen atoms in total. The molecule has 3 aromatic rings. The maximum atomic E-state index is 4.84. The minimum absolute atomic E-state index is 0. The van der Waals surface area contributed by atoms with Crippen LogP contribution in [0.25, 0.3) is 5.65 Å². The fraction of sp³-hybridized carbons (Fsp3) is 0.526. The number of halogens is 1. The Balaban J connectivity index is 0.00000240. The van der Waals surface area contributed by atoms with Gasteiger partial charge in [0, 0.05) is 44.7 Å². The third kappa shape index (κ3) is 5.22. The molecular weight excluding hydrogens is 481 g/mol. The lowest BCUT2D eigenvalue weighted by atomic mass is 9.96. The molecule has 0 radical (unpaired) electrons. The zero-order valence-electron chi connectivity index (χ0n) is 16.7. The van der Waals surface area contributed by atoms with Gasteiger partial charge in [-0.15, -0.1) is 34.2 Å². The monoisotopic (exact) mass is 509 g/mol. The van der Waals surface area contributed by atoms with Crippen molar-refractivity contribution in [2.24, 2.45) is 4.99 Å². The van der Waals surface area contributed by atoms with Gasteiger partial charge in [-0.05, 0) is 38.3 Å². The summed E-state index contributed by atoms with van der Waals surface area (Å²) in [6.07, 6.45) is 7.53. The van der Waals surface area contributed by atoms with Crippen LogP contribution in [0.3, 0.4) is 0 Å².